The molecule has 0 saturated carbocycles. The number of likely N-dealkylation sites (tertiary alicyclic amines) is 1. The third kappa shape index (κ3) is 4.22. The molecule has 0 amide bonds. The molecule has 21 heavy (non-hydrogen) atoms. The average molecular weight is 324 g/mol. The zero-order valence-electron chi connectivity index (χ0n) is 12.0. The maximum Gasteiger partial charge on any atom is 0.230 e. The van der Waals surface area contributed by atoms with Crippen molar-refractivity contribution in [1.29, 1.82) is 0 Å². The molecule has 0 N–H and O–H groups in total. The number of aromatic nitrogens is 2. The van der Waals surface area contributed by atoms with Crippen molar-refractivity contribution in [3.8, 4) is 0 Å². The van der Waals surface area contributed by atoms with Gasteiger partial charge in [-0.15, -0.1) is 22.0 Å². The average Bonchev–Trinajstić information content (AvgIpc) is 2.89. The van der Waals surface area contributed by atoms with E-state index in [1.54, 1.807) is 0 Å². The zero-order chi connectivity index (χ0) is 14.7. The fourth-order valence-electron chi connectivity index (χ4n) is 2.48. The molecule has 0 radical (unpaired) electrons. The first-order chi connectivity index (χ1) is 10.2. The van der Waals surface area contributed by atoms with Crippen molar-refractivity contribution in [1.82, 2.24) is 15.1 Å². The first-order valence-electron chi connectivity index (χ1n) is 7.12. The summed E-state index contributed by atoms with van der Waals surface area (Å²) >= 11 is 7.87. The van der Waals surface area contributed by atoms with Gasteiger partial charge in [0.1, 0.15) is 0 Å². The normalized spacial score (nSPS) is 17.2. The van der Waals surface area contributed by atoms with E-state index in [0.29, 0.717) is 11.1 Å². The summed E-state index contributed by atoms with van der Waals surface area (Å²) in [5.41, 5.74) is 0. The molecule has 2 aromatic rings. The van der Waals surface area contributed by atoms with Crippen LogP contribution in [0.15, 0.2) is 33.6 Å². The predicted molar refractivity (Wildman–Crippen MR) is 84.6 cm³/mol. The van der Waals surface area contributed by atoms with Crippen LogP contribution in [-0.2, 0) is 6.54 Å². The second-order valence-electron chi connectivity index (χ2n) is 5.26. The number of thioether (sulfide) groups is 1. The second kappa shape index (κ2) is 6.81. The Morgan fingerprint density at radius 2 is 1.95 bits per heavy atom. The summed E-state index contributed by atoms with van der Waals surface area (Å²) in [4.78, 5) is 3.68. The van der Waals surface area contributed by atoms with Gasteiger partial charge >= 0.3 is 0 Å². The number of halogens is 1. The largest absolute Gasteiger partial charge is 0.424 e. The van der Waals surface area contributed by atoms with Crippen LogP contribution in [-0.4, -0.2) is 33.4 Å². The molecule has 0 spiro atoms. The summed E-state index contributed by atoms with van der Waals surface area (Å²) in [5, 5.41) is 9.40. The van der Waals surface area contributed by atoms with Gasteiger partial charge in [-0.25, -0.2) is 0 Å². The van der Waals surface area contributed by atoms with Gasteiger partial charge in [0.25, 0.3) is 0 Å². The topological polar surface area (TPSA) is 42.2 Å². The van der Waals surface area contributed by atoms with Crippen molar-refractivity contribution >= 4 is 23.4 Å². The molecule has 0 unspecified atom stereocenters. The molecule has 0 bridgehead atoms. The van der Waals surface area contributed by atoms with Crippen LogP contribution >= 0.6 is 23.4 Å². The first kappa shape index (κ1) is 14.9. The molecular weight excluding hydrogens is 306 g/mol. The summed E-state index contributed by atoms with van der Waals surface area (Å²) in [6, 6.07) is 8.11. The standard InChI is InChI=1S/C15H18ClN3OS/c1-11-17-18-15(20-11)10-19-8-6-14(7-9-19)21-13-4-2-12(16)3-5-13/h2-5,14H,6-10H2,1H3. The molecule has 1 aromatic carbocycles. The Morgan fingerprint density at radius 3 is 2.57 bits per heavy atom. The van der Waals surface area contributed by atoms with E-state index in [0.717, 1.165) is 30.5 Å². The highest BCUT2D eigenvalue weighted by Crippen LogP contribution is 2.31. The van der Waals surface area contributed by atoms with Crippen LogP contribution in [0.25, 0.3) is 0 Å². The first-order valence-corrected chi connectivity index (χ1v) is 8.38. The summed E-state index contributed by atoms with van der Waals surface area (Å²) < 4.78 is 5.44. The van der Waals surface area contributed by atoms with Gasteiger partial charge in [0.05, 0.1) is 6.54 Å². The molecule has 0 atom stereocenters. The van der Waals surface area contributed by atoms with Crippen molar-refractivity contribution in [2.45, 2.75) is 36.5 Å². The maximum atomic E-state index is 5.92. The fourth-order valence-corrected chi connectivity index (χ4v) is 3.73. The molecule has 0 aliphatic carbocycles. The van der Waals surface area contributed by atoms with E-state index < -0.39 is 0 Å². The molecule has 1 aliphatic rings. The Morgan fingerprint density at radius 1 is 1.24 bits per heavy atom. The molecule has 2 heterocycles. The number of nitrogens with zero attached hydrogens (tertiary/aromatic N) is 3. The van der Waals surface area contributed by atoms with E-state index in [9.17, 15) is 0 Å². The van der Waals surface area contributed by atoms with Crippen LogP contribution in [0, 0.1) is 6.92 Å². The second-order valence-corrected chi connectivity index (χ2v) is 7.07. The quantitative estimate of drug-likeness (QED) is 0.856. The van der Waals surface area contributed by atoms with E-state index in [1.807, 2.05) is 30.8 Å². The summed E-state index contributed by atoms with van der Waals surface area (Å²) in [7, 11) is 0. The number of hydrogen-bond donors (Lipinski definition) is 0. The lowest BCUT2D eigenvalue weighted by Gasteiger charge is -2.30. The van der Waals surface area contributed by atoms with Crippen molar-refractivity contribution in [2.24, 2.45) is 0 Å². The predicted octanol–water partition coefficient (Wildman–Crippen LogP) is 3.79. The number of hydrogen-bond acceptors (Lipinski definition) is 5. The van der Waals surface area contributed by atoms with Gasteiger partial charge in [0, 0.05) is 22.1 Å². The van der Waals surface area contributed by atoms with Gasteiger partial charge < -0.3 is 4.42 Å². The van der Waals surface area contributed by atoms with Crippen molar-refractivity contribution in [3.63, 3.8) is 0 Å². The third-order valence-electron chi connectivity index (χ3n) is 3.58. The van der Waals surface area contributed by atoms with E-state index in [4.69, 9.17) is 16.0 Å². The Hall–Kier alpha value is -1.04. The van der Waals surface area contributed by atoms with Crippen LogP contribution < -0.4 is 0 Å². The molecule has 1 fully saturated rings. The Bertz CT molecular complexity index is 579. The molecule has 1 saturated heterocycles. The molecule has 3 rings (SSSR count). The number of benzene rings is 1. The lowest BCUT2D eigenvalue weighted by Crippen LogP contribution is -2.34. The molecule has 6 heteroatoms. The van der Waals surface area contributed by atoms with Crippen LogP contribution in [0.3, 0.4) is 0 Å². The van der Waals surface area contributed by atoms with Crippen molar-refractivity contribution < 1.29 is 4.42 Å². The highest BCUT2D eigenvalue weighted by atomic mass is 35.5. The summed E-state index contributed by atoms with van der Waals surface area (Å²) in [5.74, 6) is 1.36. The number of piperidine rings is 1. The van der Waals surface area contributed by atoms with E-state index >= 15 is 0 Å². The number of rotatable bonds is 4. The van der Waals surface area contributed by atoms with Crippen LogP contribution in [0.2, 0.25) is 5.02 Å². The molecular formula is C15H18ClN3OS. The van der Waals surface area contributed by atoms with Crippen LogP contribution in [0.5, 0.6) is 0 Å². The lowest BCUT2D eigenvalue weighted by atomic mass is 10.1. The minimum absolute atomic E-state index is 0.637. The van der Waals surface area contributed by atoms with Gasteiger partial charge in [-0.3, -0.25) is 4.90 Å². The minimum Gasteiger partial charge on any atom is -0.424 e. The Balaban J connectivity index is 1.47. The Labute approximate surface area is 133 Å². The third-order valence-corrected chi connectivity index (χ3v) is 5.18. The van der Waals surface area contributed by atoms with Crippen LogP contribution in [0.1, 0.15) is 24.6 Å². The smallest absolute Gasteiger partial charge is 0.230 e. The van der Waals surface area contributed by atoms with Gasteiger partial charge in [0.15, 0.2) is 0 Å². The molecule has 4 nitrogen and oxygen atoms in total. The lowest BCUT2D eigenvalue weighted by molar-refractivity contribution is 0.203. The van der Waals surface area contributed by atoms with E-state index in [2.05, 4.69) is 27.2 Å². The van der Waals surface area contributed by atoms with Crippen molar-refractivity contribution in [2.75, 3.05) is 13.1 Å². The van der Waals surface area contributed by atoms with Gasteiger partial charge in [-0.1, -0.05) is 11.6 Å². The van der Waals surface area contributed by atoms with Crippen LogP contribution in [0.4, 0.5) is 0 Å². The van der Waals surface area contributed by atoms with E-state index in [1.165, 1.54) is 17.7 Å². The molecule has 1 aliphatic heterocycles. The molecule has 1 aromatic heterocycles. The fraction of sp³-hybridized carbons (Fsp3) is 0.467. The van der Waals surface area contributed by atoms with Gasteiger partial charge in [-0.05, 0) is 50.2 Å². The SMILES string of the molecule is Cc1nnc(CN2CCC(Sc3ccc(Cl)cc3)CC2)o1. The zero-order valence-corrected chi connectivity index (χ0v) is 13.5. The monoisotopic (exact) mass is 323 g/mol. The van der Waals surface area contributed by atoms with Crippen molar-refractivity contribution in [3.05, 3.63) is 41.1 Å². The van der Waals surface area contributed by atoms with Gasteiger partial charge in [0.2, 0.25) is 11.8 Å². The molecule has 112 valence electrons. The van der Waals surface area contributed by atoms with E-state index in [-0.39, 0.29) is 0 Å². The van der Waals surface area contributed by atoms with Gasteiger partial charge in [-0.2, -0.15) is 0 Å². The summed E-state index contributed by atoms with van der Waals surface area (Å²) in [6.45, 7) is 4.74. The summed E-state index contributed by atoms with van der Waals surface area (Å²) in [6.07, 6.45) is 2.36. The minimum atomic E-state index is 0.637. The maximum absolute atomic E-state index is 5.92. The number of aryl methyl sites for hydroxylation is 1. The highest BCUT2D eigenvalue weighted by molar-refractivity contribution is 8.00. The highest BCUT2D eigenvalue weighted by Gasteiger charge is 2.21. The Kier molecular flexibility index (Phi) is 4.83.